The number of piperidine rings is 1. The summed E-state index contributed by atoms with van der Waals surface area (Å²) in [6.45, 7) is 10.2. The van der Waals surface area contributed by atoms with Gasteiger partial charge in [-0.3, -0.25) is 4.79 Å². The van der Waals surface area contributed by atoms with Gasteiger partial charge in [0, 0.05) is 25.7 Å². The highest BCUT2D eigenvalue weighted by Crippen LogP contribution is 2.27. The molecule has 20 heavy (non-hydrogen) atoms. The quantitative estimate of drug-likeness (QED) is 0.839. The number of carbonyl (C=O) groups excluding carboxylic acids is 1. The molecule has 2 aliphatic rings. The van der Waals surface area contributed by atoms with Crippen molar-refractivity contribution >= 4 is 5.91 Å². The lowest BCUT2D eigenvalue weighted by atomic mass is 9.91. The van der Waals surface area contributed by atoms with E-state index in [9.17, 15) is 4.79 Å². The van der Waals surface area contributed by atoms with Crippen LogP contribution in [0.4, 0.5) is 0 Å². The SMILES string of the molecule is CCCNC1CCN(C(=O)C2CCOC2CC)CC1C. The highest BCUT2D eigenvalue weighted by Gasteiger charge is 2.37. The molecule has 2 heterocycles. The average molecular weight is 282 g/mol. The molecule has 116 valence electrons. The molecule has 0 spiro atoms. The lowest BCUT2D eigenvalue weighted by Crippen LogP contribution is -2.52. The Balaban J connectivity index is 1.87. The van der Waals surface area contributed by atoms with Crippen LogP contribution in [0, 0.1) is 11.8 Å². The Kier molecular flexibility index (Phi) is 5.85. The molecule has 4 atom stereocenters. The normalized spacial score (nSPS) is 34.5. The van der Waals surface area contributed by atoms with Crippen LogP contribution in [0.1, 0.15) is 46.5 Å². The molecule has 2 aliphatic heterocycles. The number of nitrogens with one attached hydrogen (secondary N) is 1. The van der Waals surface area contributed by atoms with E-state index in [0.717, 1.165) is 45.5 Å². The molecule has 0 aromatic heterocycles. The zero-order valence-electron chi connectivity index (χ0n) is 13.2. The van der Waals surface area contributed by atoms with Gasteiger partial charge in [0.2, 0.25) is 5.91 Å². The predicted octanol–water partition coefficient (Wildman–Crippen LogP) is 2.04. The molecule has 1 amide bonds. The molecule has 4 nitrogen and oxygen atoms in total. The van der Waals surface area contributed by atoms with Crippen LogP contribution in [0.15, 0.2) is 0 Å². The minimum atomic E-state index is 0.104. The Morgan fingerprint density at radius 3 is 2.80 bits per heavy atom. The average Bonchev–Trinajstić information content (AvgIpc) is 2.93. The molecule has 2 fully saturated rings. The van der Waals surface area contributed by atoms with Crippen molar-refractivity contribution in [3.63, 3.8) is 0 Å². The standard InChI is InChI=1S/C16H30N2O2/c1-4-8-17-14-6-9-18(11-12(14)3)16(19)13-7-10-20-15(13)5-2/h12-15,17H,4-11H2,1-3H3. The number of amides is 1. The Morgan fingerprint density at radius 2 is 2.15 bits per heavy atom. The Labute approximate surface area is 123 Å². The highest BCUT2D eigenvalue weighted by atomic mass is 16.5. The van der Waals surface area contributed by atoms with Crippen LogP contribution in [0.5, 0.6) is 0 Å². The monoisotopic (exact) mass is 282 g/mol. The number of hydrogen-bond acceptors (Lipinski definition) is 3. The number of carbonyl (C=O) groups is 1. The number of likely N-dealkylation sites (tertiary alicyclic amines) is 1. The fourth-order valence-electron chi connectivity index (χ4n) is 3.55. The predicted molar refractivity (Wildman–Crippen MR) is 80.6 cm³/mol. The van der Waals surface area contributed by atoms with Crippen molar-refractivity contribution in [3.8, 4) is 0 Å². The van der Waals surface area contributed by atoms with Crippen molar-refractivity contribution in [1.29, 1.82) is 0 Å². The van der Waals surface area contributed by atoms with Crippen LogP contribution in [0.3, 0.4) is 0 Å². The number of ether oxygens (including phenoxy) is 1. The molecule has 2 rings (SSSR count). The van der Waals surface area contributed by atoms with Crippen LogP contribution in [0.25, 0.3) is 0 Å². The van der Waals surface area contributed by atoms with Crippen LogP contribution in [-0.4, -0.2) is 49.2 Å². The van der Waals surface area contributed by atoms with Gasteiger partial charge in [-0.15, -0.1) is 0 Å². The second-order valence-electron chi connectivity index (χ2n) is 6.32. The molecule has 0 aliphatic carbocycles. The number of rotatable bonds is 5. The van der Waals surface area contributed by atoms with Crippen LogP contribution in [0.2, 0.25) is 0 Å². The first-order valence-corrected chi connectivity index (χ1v) is 8.31. The van der Waals surface area contributed by atoms with E-state index >= 15 is 0 Å². The number of nitrogens with zero attached hydrogens (tertiary/aromatic N) is 1. The summed E-state index contributed by atoms with van der Waals surface area (Å²) in [7, 11) is 0. The van der Waals surface area contributed by atoms with Gasteiger partial charge < -0.3 is 15.0 Å². The fraction of sp³-hybridized carbons (Fsp3) is 0.938. The third-order valence-corrected chi connectivity index (χ3v) is 4.80. The fourth-order valence-corrected chi connectivity index (χ4v) is 3.55. The molecule has 4 unspecified atom stereocenters. The minimum absolute atomic E-state index is 0.104. The Morgan fingerprint density at radius 1 is 1.35 bits per heavy atom. The van der Waals surface area contributed by atoms with E-state index in [4.69, 9.17) is 4.74 Å². The van der Waals surface area contributed by atoms with Crippen molar-refractivity contribution < 1.29 is 9.53 Å². The van der Waals surface area contributed by atoms with E-state index in [1.165, 1.54) is 6.42 Å². The zero-order chi connectivity index (χ0) is 14.5. The third kappa shape index (κ3) is 3.53. The topological polar surface area (TPSA) is 41.6 Å². The van der Waals surface area contributed by atoms with Crippen LogP contribution in [-0.2, 0) is 9.53 Å². The van der Waals surface area contributed by atoms with Crippen molar-refractivity contribution in [2.45, 2.75) is 58.6 Å². The molecule has 0 radical (unpaired) electrons. The minimum Gasteiger partial charge on any atom is -0.377 e. The Bertz CT molecular complexity index is 322. The molecule has 0 bridgehead atoms. The summed E-state index contributed by atoms with van der Waals surface area (Å²) in [6.07, 6.45) is 4.25. The lowest BCUT2D eigenvalue weighted by molar-refractivity contribution is -0.139. The number of hydrogen-bond donors (Lipinski definition) is 1. The summed E-state index contributed by atoms with van der Waals surface area (Å²) in [4.78, 5) is 14.7. The van der Waals surface area contributed by atoms with Gasteiger partial charge in [0.05, 0.1) is 12.0 Å². The van der Waals surface area contributed by atoms with Crippen molar-refractivity contribution in [2.75, 3.05) is 26.2 Å². The summed E-state index contributed by atoms with van der Waals surface area (Å²) < 4.78 is 5.67. The van der Waals surface area contributed by atoms with Gasteiger partial charge >= 0.3 is 0 Å². The molecule has 0 aromatic rings. The largest absolute Gasteiger partial charge is 0.377 e. The second kappa shape index (κ2) is 7.41. The van der Waals surface area contributed by atoms with Gasteiger partial charge in [0.1, 0.15) is 0 Å². The van der Waals surface area contributed by atoms with Crippen LogP contribution < -0.4 is 5.32 Å². The molecular weight excluding hydrogens is 252 g/mol. The molecule has 4 heteroatoms. The second-order valence-corrected chi connectivity index (χ2v) is 6.32. The van der Waals surface area contributed by atoms with Crippen molar-refractivity contribution in [1.82, 2.24) is 10.2 Å². The molecular formula is C16H30N2O2. The maximum atomic E-state index is 12.7. The van der Waals surface area contributed by atoms with E-state index in [1.807, 2.05) is 0 Å². The summed E-state index contributed by atoms with van der Waals surface area (Å²) in [6, 6.07) is 0.570. The van der Waals surface area contributed by atoms with Gasteiger partial charge in [-0.25, -0.2) is 0 Å². The lowest BCUT2D eigenvalue weighted by Gasteiger charge is -2.39. The summed E-state index contributed by atoms with van der Waals surface area (Å²) in [5.41, 5.74) is 0. The van der Waals surface area contributed by atoms with Crippen molar-refractivity contribution in [2.24, 2.45) is 11.8 Å². The molecule has 0 aromatic carbocycles. The van der Waals surface area contributed by atoms with Gasteiger partial charge in [0.15, 0.2) is 0 Å². The van der Waals surface area contributed by atoms with Gasteiger partial charge in [-0.05, 0) is 38.1 Å². The Hall–Kier alpha value is -0.610. The van der Waals surface area contributed by atoms with Crippen LogP contribution >= 0.6 is 0 Å². The summed E-state index contributed by atoms with van der Waals surface area (Å²) >= 11 is 0. The van der Waals surface area contributed by atoms with E-state index in [0.29, 0.717) is 17.9 Å². The van der Waals surface area contributed by atoms with E-state index < -0.39 is 0 Å². The maximum absolute atomic E-state index is 12.7. The first kappa shape index (κ1) is 15.8. The zero-order valence-corrected chi connectivity index (χ0v) is 13.2. The maximum Gasteiger partial charge on any atom is 0.228 e. The van der Waals surface area contributed by atoms with Gasteiger partial charge in [-0.1, -0.05) is 20.8 Å². The van der Waals surface area contributed by atoms with E-state index in [2.05, 4.69) is 31.0 Å². The highest BCUT2D eigenvalue weighted by molar-refractivity contribution is 5.79. The van der Waals surface area contributed by atoms with Gasteiger partial charge in [-0.2, -0.15) is 0 Å². The summed E-state index contributed by atoms with van der Waals surface area (Å²) in [5, 5.41) is 3.61. The third-order valence-electron chi connectivity index (χ3n) is 4.80. The van der Waals surface area contributed by atoms with Crippen molar-refractivity contribution in [3.05, 3.63) is 0 Å². The first-order valence-electron chi connectivity index (χ1n) is 8.31. The molecule has 1 N–H and O–H groups in total. The molecule has 2 saturated heterocycles. The molecule has 0 saturated carbocycles. The van der Waals surface area contributed by atoms with Gasteiger partial charge in [0.25, 0.3) is 0 Å². The smallest absolute Gasteiger partial charge is 0.228 e. The van der Waals surface area contributed by atoms with E-state index in [-0.39, 0.29) is 12.0 Å². The first-order chi connectivity index (χ1) is 9.67. The van der Waals surface area contributed by atoms with E-state index in [1.54, 1.807) is 0 Å². The summed E-state index contributed by atoms with van der Waals surface area (Å²) in [5.74, 6) is 0.976.